The third kappa shape index (κ3) is 3.59. The topological polar surface area (TPSA) is 18.5 Å². The molecule has 2 nitrogen and oxygen atoms in total. The number of hydrogen-bond acceptors (Lipinski definition) is 2. The normalized spacial score (nSPS) is 9.33. The van der Waals surface area contributed by atoms with Gasteiger partial charge < -0.3 is 9.47 Å². The minimum Gasteiger partial charge on any atom is -0.450 e. The highest BCUT2D eigenvalue weighted by Gasteiger charge is 2.16. The molecule has 0 fully saturated rings. The number of para-hydroxylation sites is 4. The summed E-state index contributed by atoms with van der Waals surface area (Å²) in [6.45, 7) is 0. The fourth-order valence-electron chi connectivity index (χ4n) is 1.47. The molecule has 2 aromatic carbocycles. The molecule has 0 bridgehead atoms. The van der Waals surface area contributed by atoms with E-state index in [4.69, 9.17) is 9.47 Å². The van der Waals surface area contributed by atoms with Crippen LogP contribution in [0.25, 0.3) is 0 Å². The predicted molar refractivity (Wildman–Crippen MR) is 82.0 cm³/mol. The Labute approximate surface area is 130 Å². The third-order valence-electron chi connectivity index (χ3n) is 2.14. The van der Waals surface area contributed by atoms with Gasteiger partial charge in [-0.05, 0) is 24.3 Å². The van der Waals surface area contributed by atoms with Crippen molar-refractivity contribution in [1.29, 1.82) is 0 Å². The second-order valence-electron chi connectivity index (χ2n) is 3.10. The van der Waals surface area contributed by atoms with Crippen LogP contribution < -0.4 is 9.47 Å². The summed E-state index contributed by atoms with van der Waals surface area (Å²) in [4.78, 5) is 0. The molecule has 0 radical (unpaired) electrons. The van der Waals surface area contributed by atoms with Crippen LogP contribution >= 0.6 is 49.6 Å². The van der Waals surface area contributed by atoms with E-state index < -0.39 is 0 Å². The molecule has 0 N–H and O–H groups in total. The van der Waals surface area contributed by atoms with Crippen molar-refractivity contribution in [1.82, 2.24) is 0 Å². The molecule has 0 saturated heterocycles. The van der Waals surface area contributed by atoms with Crippen molar-refractivity contribution < 1.29 is 9.47 Å². The first kappa shape index (κ1) is 19.5. The smallest absolute Gasteiger partial charge is 0.170 e. The van der Waals surface area contributed by atoms with Gasteiger partial charge in [0.2, 0.25) is 0 Å². The molecule has 2 aromatic rings. The van der Waals surface area contributed by atoms with E-state index in [0.717, 1.165) is 23.0 Å². The lowest BCUT2D eigenvalue weighted by atomic mass is 10.2. The van der Waals surface area contributed by atoms with Gasteiger partial charge in [-0.3, -0.25) is 0 Å². The molecule has 0 aromatic heterocycles. The van der Waals surface area contributed by atoms with Gasteiger partial charge in [-0.2, -0.15) is 0 Å². The molecule has 100 valence electrons. The first-order chi connectivity index (χ1) is 6.93. The first-order valence-electron chi connectivity index (χ1n) is 4.47. The lowest BCUT2D eigenvalue weighted by molar-refractivity contribution is 0.359. The van der Waals surface area contributed by atoms with E-state index in [1.807, 2.05) is 48.5 Å². The minimum absolute atomic E-state index is 0. The van der Waals surface area contributed by atoms with E-state index in [2.05, 4.69) is 0 Å². The Balaban J connectivity index is 0. The van der Waals surface area contributed by atoms with Crippen molar-refractivity contribution >= 4 is 49.6 Å². The SMILES string of the molecule is Cl.Cl.Cl.Cl.c1ccc2c(c1)Oc1ccccc1O2. The molecule has 0 aliphatic carbocycles. The molecule has 1 aliphatic rings. The largest absolute Gasteiger partial charge is 0.450 e. The van der Waals surface area contributed by atoms with E-state index >= 15 is 0 Å². The molecule has 0 saturated carbocycles. The molecule has 18 heavy (non-hydrogen) atoms. The Kier molecular flexibility index (Phi) is 9.04. The van der Waals surface area contributed by atoms with Gasteiger partial charge in [-0.25, -0.2) is 0 Å². The van der Waals surface area contributed by atoms with Crippen LogP contribution in [0.3, 0.4) is 0 Å². The van der Waals surface area contributed by atoms with Gasteiger partial charge in [0.1, 0.15) is 0 Å². The number of benzene rings is 2. The molecule has 6 heteroatoms. The van der Waals surface area contributed by atoms with E-state index in [1.165, 1.54) is 0 Å². The highest BCUT2D eigenvalue weighted by atomic mass is 35.5. The highest BCUT2D eigenvalue weighted by Crippen LogP contribution is 2.44. The second kappa shape index (κ2) is 8.33. The molecule has 1 heterocycles. The van der Waals surface area contributed by atoms with Crippen LogP contribution in [0, 0.1) is 0 Å². The van der Waals surface area contributed by atoms with Gasteiger partial charge in [0.15, 0.2) is 23.0 Å². The minimum atomic E-state index is 0. The molecular weight excluding hydrogens is 318 g/mol. The Morgan fingerprint density at radius 1 is 0.444 bits per heavy atom. The predicted octanol–water partition coefficient (Wildman–Crippen LogP) is 5.27. The van der Waals surface area contributed by atoms with Crippen LogP contribution in [-0.4, -0.2) is 0 Å². The van der Waals surface area contributed by atoms with Crippen molar-refractivity contribution in [3.63, 3.8) is 0 Å². The average molecular weight is 330 g/mol. The van der Waals surface area contributed by atoms with Gasteiger partial charge in [-0.1, -0.05) is 24.3 Å². The molecule has 3 rings (SSSR count). The molecular formula is C12H12Cl4O2. The monoisotopic (exact) mass is 328 g/mol. The Hall–Kier alpha value is -0.800. The summed E-state index contributed by atoms with van der Waals surface area (Å²) >= 11 is 0. The van der Waals surface area contributed by atoms with Crippen LogP contribution in [0.4, 0.5) is 0 Å². The second-order valence-corrected chi connectivity index (χ2v) is 3.10. The zero-order valence-corrected chi connectivity index (χ0v) is 12.3. The average Bonchev–Trinajstić information content (AvgIpc) is 2.26. The molecule has 0 unspecified atom stereocenters. The van der Waals surface area contributed by atoms with Crippen molar-refractivity contribution in [2.24, 2.45) is 0 Å². The summed E-state index contributed by atoms with van der Waals surface area (Å²) in [6.07, 6.45) is 0. The summed E-state index contributed by atoms with van der Waals surface area (Å²) in [6, 6.07) is 15.3. The van der Waals surface area contributed by atoms with E-state index in [1.54, 1.807) is 0 Å². The number of ether oxygens (including phenoxy) is 2. The van der Waals surface area contributed by atoms with Crippen molar-refractivity contribution in [2.45, 2.75) is 0 Å². The third-order valence-corrected chi connectivity index (χ3v) is 2.14. The molecule has 0 atom stereocenters. The van der Waals surface area contributed by atoms with Crippen LogP contribution in [0.1, 0.15) is 0 Å². The lowest BCUT2D eigenvalue weighted by Crippen LogP contribution is -1.97. The Morgan fingerprint density at radius 3 is 0.889 bits per heavy atom. The van der Waals surface area contributed by atoms with E-state index in [0.29, 0.717) is 0 Å². The standard InChI is InChI=1S/C12H8O2.4ClH/c1-2-6-10-9(5-1)13-11-7-3-4-8-12(11)14-10;;;;/h1-8H;4*1H. The van der Waals surface area contributed by atoms with E-state index in [-0.39, 0.29) is 49.6 Å². The van der Waals surface area contributed by atoms with Gasteiger partial charge in [0, 0.05) is 0 Å². The fourth-order valence-corrected chi connectivity index (χ4v) is 1.47. The summed E-state index contributed by atoms with van der Waals surface area (Å²) < 4.78 is 11.3. The summed E-state index contributed by atoms with van der Waals surface area (Å²) in [5.74, 6) is 3.08. The van der Waals surface area contributed by atoms with Crippen LogP contribution in [0.15, 0.2) is 48.5 Å². The van der Waals surface area contributed by atoms with Crippen molar-refractivity contribution in [2.75, 3.05) is 0 Å². The summed E-state index contributed by atoms with van der Waals surface area (Å²) in [5, 5.41) is 0. The van der Waals surface area contributed by atoms with Gasteiger partial charge in [0.05, 0.1) is 0 Å². The fraction of sp³-hybridized carbons (Fsp3) is 0. The van der Waals surface area contributed by atoms with Gasteiger partial charge in [-0.15, -0.1) is 49.6 Å². The maximum Gasteiger partial charge on any atom is 0.170 e. The number of rotatable bonds is 0. The zero-order chi connectivity index (χ0) is 9.38. The van der Waals surface area contributed by atoms with Crippen molar-refractivity contribution in [3.8, 4) is 23.0 Å². The Morgan fingerprint density at radius 2 is 0.667 bits per heavy atom. The van der Waals surface area contributed by atoms with E-state index in [9.17, 15) is 0 Å². The van der Waals surface area contributed by atoms with Gasteiger partial charge >= 0.3 is 0 Å². The number of hydrogen-bond donors (Lipinski definition) is 0. The van der Waals surface area contributed by atoms with Crippen LogP contribution in [0.2, 0.25) is 0 Å². The molecule has 0 amide bonds. The lowest BCUT2D eigenvalue weighted by Gasteiger charge is -2.19. The van der Waals surface area contributed by atoms with Crippen LogP contribution in [-0.2, 0) is 0 Å². The zero-order valence-electron chi connectivity index (χ0n) is 9.07. The first-order valence-corrected chi connectivity index (χ1v) is 4.47. The molecule has 1 aliphatic heterocycles. The summed E-state index contributed by atoms with van der Waals surface area (Å²) in [5.41, 5.74) is 0. The van der Waals surface area contributed by atoms with Crippen molar-refractivity contribution in [3.05, 3.63) is 48.5 Å². The summed E-state index contributed by atoms with van der Waals surface area (Å²) in [7, 11) is 0. The highest BCUT2D eigenvalue weighted by molar-refractivity contribution is 5.86. The maximum absolute atomic E-state index is 5.65. The Bertz CT molecular complexity index is 404. The van der Waals surface area contributed by atoms with Gasteiger partial charge in [0.25, 0.3) is 0 Å². The number of halogens is 4. The quantitative estimate of drug-likeness (QED) is 0.559. The molecule has 0 spiro atoms. The van der Waals surface area contributed by atoms with Crippen LogP contribution in [0.5, 0.6) is 23.0 Å². The number of fused-ring (bicyclic) bond motifs is 2. The maximum atomic E-state index is 5.65.